The summed E-state index contributed by atoms with van der Waals surface area (Å²) in [7, 11) is 3.60. The van der Waals surface area contributed by atoms with Crippen LogP contribution in [0.1, 0.15) is 38.9 Å². The van der Waals surface area contributed by atoms with Crippen LogP contribution >= 0.6 is 0 Å². The van der Waals surface area contributed by atoms with Crippen LogP contribution in [0.5, 0.6) is 11.5 Å². The number of amides is 2. The number of anilines is 3. The first-order chi connectivity index (χ1) is 19.7. The van der Waals surface area contributed by atoms with Gasteiger partial charge in [-0.1, -0.05) is 20.8 Å². The second-order valence-electron chi connectivity index (χ2n) is 11.6. The Kier molecular flexibility index (Phi) is 7.04. The lowest BCUT2D eigenvalue weighted by Crippen LogP contribution is -2.55. The average molecular weight is 561 g/mol. The molecule has 0 spiro atoms. The maximum absolute atomic E-state index is 12.4. The number of fused-ring (bicyclic) bond motifs is 1. The number of hydrogen-bond donors (Lipinski definition) is 2. The van der Waals surface area contributed by atoms with Crippen LogP contribution in [-0.2, 0) is 21.9 Å². The summed E-state index contributed by atoms with van der Waals surface area (Å²) in [5.74, 6) is 3.05. The second-order valence-corrected chi connectivity index (χ2v) is 11.6. The molecule has 2 saturated heterocycles. The topological polar surface area (TPSA) is 121 Å². The van der Waals surface area contributed by atoms with Gasteiger partial charge in [0.05, 0.1) is 42.9 Å². The van der Waals surface area contributed by atoms with E-state index in [-0.39, 0.29) is 23.6 Å². The minimum Gasteiger partial charge on any atom is -0.457 e. The Balaban J connectivity index is 1.18. The SMILES string of the molecule is COC1CN(C(=O)Nc2cc(Oc3ccc4nc(Nc5cc(C(C)(C)C)n([C@H]6CCOC6)n5)n(C)c4c3)ccn2)C1. The van der Waals surface area contributed by atoms with E-state index in [2.05, 4.69) is 47.1 Å². The molecular formula is C29H36N8O4. The number of likely N-dealkylation sites (tertiary alicyclic amines) is 1. The third kappa shape index (κ3) is 5.57. The van der Waals surface area contributed by atoms with E-state index in [1.165, 1.54) is 0 Å². The van der Waals surface area contributed by atoms with Crippen molar-refractivity contribution in [1.82, 2.24) is 29.2 Å². The van der Waals surface area contributed by atoms with E-state index in [4.69, 9.17) is 24.3 Å². The third-order valence-electron chi connectivity index (χ3n) is 7.52. The van der Waals surface area contributed by atoms with Gasteiger partial charge in [-0.25, -0.2) is 14.8 Å². The van der Waals surface area contributed by atoms with Gasteiger partial charge in [0.15, 0.2) is 5.82 Å². The van der Waals surface area contributed by atoms with Crippen molar-refractivity contribution < 1.29 is 19.0 Å². The Morgan fingerprint density at radius 3 is 2.63 bits per heavy atom. The van der Waals surface area contributed by atoms with E-state index < -0.39 is 0 Å². The zero-order valence-corrected chi connectivity index (χ0v) is 24.0. The summed E-state index contributed by atoms with van der Waals surface area (Å²) >= 11 is 0. The summed E-state index contributed by atoms with van der Waals surface area (Å²) in [6, 6.07) is 11.3. The lowest BCUT2D eigenvalue weighted by molar-refractivity contribution is -0.00467. The summed E-state index contributed by atoms with van der Waals surface area (Å²) in [6.07, 6.45) is 2.65. The van der Waals surface area contributed by atoms with Crippen LogP contribution in [-0.4, -0.2) is 74.8 Å². The monoisotopic (exact) mass is 560 g/mol. The number of pyridine rings is 1. The lowest BCUT2D eigenvalue weighted by atomic mass is 9.91. The number of carbonyl (C=O) groups excluding carboxylic acids is 1. The molecule has 2 amide bonds. The smallest absolute Gasteiger partial charge is 0.323 e. The summed E-state index contributed by atoms with van der Waals surface area (Å²) in [6.45, 7) is 9.15. The van der Waals surface area contributed by atoms with Gasteiger partial charge in [0.2, 0.25) is 5.95 Å². The zero-order chi connectivity index (χ0) is 28.7. The Labute approximate surface area is 238 Å². The van der Waals surface area contributed by atoms with Crippen LogP contribution in [0, 0.1) is 0 Å². The highest BCUT2D eigenvalue weighted by molar-refractivity contribution is 5.89. The minimum absolute atomic E-state index is 0.0638. The number of nitrogens with one attached hydrogen (secondary N) is 2. The molecule has 2 aliphatic rings. The van der Waals surface area contributed by atoms with Gasteiger partial charge in [0, 0.05) is 56.3 Å². The third-order valence-corrected chi connectivity index (χ3v) is 7.52. The number of benzene rings is 1. The second kappa shape index (κ2) is 10.7. The summed E-state index contributed by atoms with van der Waals surface area (Å²) in [5.41, 5.74) is 2.82. The van der Waals surface area contributed by atoms with Crippen molar-refractivity contribution in [3.63, 3.8) is 0 Å². The molecule has 0 radical (unpaired) electrons. The van der Waals surface area contributed by atoms with E-state index >= 15 is 0 Å². The van der Waals surface area contributed by atoms with E-state index in [0.29, 0.717) is 43.0 Å². The highest BCUT2D eigenvalue weighted by Crippen LogP contribution is 2.33. The standard InChI is InChI=1S/C29H36N8O4/c1-29(2,3)24-14-26(34-37(24)18-9-11-40-17-18)32-27-31-22-7-6-19(12-23(22)35(27)4)41-20-8-10-30-25(13-20)33-28(38)36-15-21(16-36)39-5/h6-8,10,12-14,18,21H,9,11,15-17H2,1-5H3,(H,30,33,38)(H,31,32,34)/t18-/m0/s1. The predicted octanol–water partition coefficient (Wildman–Crippen LogP) is 4.82. The number of aromatic nitrogens is 5. The number of methoxy groups -OCH3 is 1. The first-order valence-corrected chi connectivity index (χ1v) is 13.8. The van der Waals surface area contributed by atoms with Gasteiger partial charge >= 0.3 is 6.03 Å². The Bertz CT molecular complexity index is 1560. The normalized spacial score (nSPS) is 17.6. The fourth-order valence-electron chi connectivity index (χ4n) is 5.09. The first-order valence-electron chi connectivity index (χ1n) is 13.8. The number of imidazole rings is 1. The predicted molar refractivity (Wildman–Crippen MR) is 155 cm³/mol. The van der Waals surface area contributed by atoms with Gasteiger partial charge in [-0.2, -0.15) is 5.10 Å². The highest BCUT2D eigenvalue weighted by Gasteiger charge is 2.31. The molecule has 2 aliphatic heterocycles. The van der Waals surface area contributed by atoms with E-state index in [9.17, 15) is 4.79 Å². The van der Waals surface area contributed by atoms with Crippen molar-refractivity contribution in [2.45, 2.75) is 44.8 Å². The lowest BCUT2D eigenvalue weighted by Gasteiger charge is -2.37. The Morgan fingerprint density at radius 2 is 1.90 bits per heavy atom. The molecule has 0 saturated carbocycles. The molecule has 2 fully saturated rings. The van der Waals surface area contributed by atoms with Crippen molar-refractivity contribution in [1.29, 1.82) is 0 Å². The maximum Gasteiger partial charge on any atom is 0.323 e. The zero-order valence-electron chi connectivity index (χ0n) is 24.0. The Hall–Kier alpha value is -4.16. The molecule has 1 aromatic carbocycles. The highest BCUT2D eigenvalue weighted by atomic mass is 16.5. The molecule has 6 rings (SSSR count). The Morgan fingerprint density at radius 1 is 1.10 bits per heavy atom. The molecule has 216 valence electrons. The van der Waals surface area contributed by atoms with Gasteiger partial charge in [-0.15, -0.1) is 0 Å². The van der Waals surface area contributed by atoms with Gasteiger partial charge in [0.25, 0.3) is 0 Å². The van der Waals surface area contributed by atoms with Crippen molar-refractivity contribution in [2.75, 3.05) is 44.0 Å². The van der Waals surface area contributed by atoms with Gasteiger partial charge in [0.1, 0.15) is 17.3 Å². The van der Waals surface area contributed by atoms with E-state index in [0.717, 1.165) is 35.6 Å². The average Bonchev–Trinajstić information content (AvgIpc) is 3.64. The summed E-state index contributed by atoms with van der Waals surface area (Å²) < 4.78 is 21.1. The molecule has 4 aromatic rings. The van der Waals surface area contributed by atoms with Crippen LogP contribution in [0.2, 0.25) is 0 Å². The number of rotatable bonds is 7. The van der Waals surface area contributed by atoms with E-state index in [1.54, 1.807) is 30.3 Å². The largest absolute Gasteiger partial charge is 0.457 e. The molecule has 3 aromatic heterocycles. The van der Waals surface area contributed by atoms with Crippen LogP contribution in [0.15, 0.2) is 42.6 Å². The summed E-state index contributed by atoms with van der Waals surface area (Å²) in [5, 5.41) is 11.1. The van der Waals surface area contributed by atoms with Gasteiger partial charge < -0.3 is 29.0 Å². The molecule has 0 aliphatic carbocycles. The quantitative estimate of drug-likeness (QED) is 0.330. The number of urea groups is 1. The molecular weight excluding hydrogens is 524 g/mol. The molecule has 41 heavy (non-hydrogen) atoms. The number of hydrogen-bond acceptors (Lipinski definition) is 8. The van der Waals surface area contributed by atoms with Crippen LogP contribution in [0.25, 0.3) is 11.0 Å². The molecule has 0 unspecified atom stereocenters. The van der Waals surface area contributed by atoms with Crippen molar-refractivity contribution in [3.05, 3.63) is 48.3 Å². The maximum atomic E-state index is 12.4. The van der Waals surface area contributed by atoms with E-state index in [1.807, 2.05) is 29.8 Å². The number of ether oxygens (including phenoxy) is 3. The fraction of sp³-hybridized carbons (Fsp3) is 0.448. The molecule has 5 heterocycles. The van der Waals surface area contributed by atoms with Crippen molar-refractivity contribution in [3.8, 4) is 11.5 Å². The molecule has 2 N–H and O–H groups in total. The van der Waals surface area contributed by atoms with Gasteiger partial charge in [-0.3, -0.25) is 10.00 Å². The number of carbonyl (C=O) groups is 1. The van der Waals surface area contributed by atoms with Crippen LogP contribution in [0.3, 0.4) is 0 Å². The van der Waals surface area contributed by atoms with Gasteiger partial charge in [-0.05, 0) is 24.6 Å². The van der Waals surface area contributed by atoms with Crippen molar-refractivity contribution >= 4 is 34.6 Å². The molecule has 1 atom stereocenters. The first kappa shape index (κ1) is 27.0. The fourth-order valence-corrected chi connectivity index (χ4v) is 5.09. The number of nitrogens with zero attached hydrogens (tertiary/aromatic N) is 6. The molecule has 12 heteroatoms. The van der Waals surface area contributed by atoms with Crippen molar-refractivity contribution in [2.24, 2.45) is 7.05 Å². The number of aryl methyl sites for hydroxylation is 1. The molecule has 0 bridgehead atoms. The minimum atomic E-state index is -0.213. The van der Waals surface area contributed by atoms with Crippen LogP contribution in [0.4, 0.5) is 22.4 Å². The van der Waals surface area contributed by atoms with Crippen LogP contribution < -0.4 is 15.4 Å². The summed E-state index contributed by atoms with van der Waals surface area (Å²) in [4.78, 5) is 23.1. The molecule has 12 nitrogen and oxygen atoms in total.